The van der Waals surface area contributed by atoms with Crippen LogP contribution in [0.5, 0.6) is 0 Å². The molecule has 2 saturated heterocycles. The summed E-state index contributed by atoms with van der Waals surface area (Å²) in [5.74, 6) is -2.45. The maximum atomic E-state index is 13.2. The van der Waals surface area contributed by atoms with E-state index in [4.69, 9.17) is 0 Å². The molecule has 0 aromatic heterocycles. The Hall–Kier alpha value is 0.0700. The molecule has 1 N–H and O–H groups in total. The highest BCUT2D eigenvalue weighted by molar-refractivity contribution is 5.85. The van der Waals surface area contributed by atoms with Crippen LogP contribution in [0.25, 0.3) is 0 Å². The van der Waals surface area contributed by atoms with E-state index in [0.29, 0.717) is 6.54 Å². The first-order valence-corrected chi connectivity index (χ1v) is 4.83. The molecule has 2 aliphatic rings. The van der Waals surface area contributed by atoms with Crippen molar-refractivity contribution in [2.75, 3.05) is 26.7 Å². The zero-order valence-corrected chi connectivity index (χ0v) is 9.17. The molecule has 2 aliphatic heterocycles. The lowest BCUT2D eigenvalue weighted by molar-refractivity contribution is -0.0607. The number of alkyl halides is 2. The first-order chi connectivity index (χ1) is 6.02. The maximum absolute atomic E-state index is 13.2. The third-order valence-electron chi connectivity index (χ3n) is 3.13. The van der Waals surface area contributed by atoms with Crippen molar-refractivity contribution in [3.05, 3.63) is 0 Å². The Labute approximate surface area is 89.4 Å². The Morgan fingerprint density at radius 1 is 1.29 bits per heavy atom. The fourth-order valence-corrected chi connectivity index (χ4v) is 2.52. The number of nitrogens with zero attached hydrogens (tertiary/aromatic N) is 1. The van der Waals surface area contributed by atoms with Gasteiger partial charge in [-0.25, -0.2) is 8.78 Å². The van der Waals surface area contributed by atoms with Gasteiger partial charge < -0.3 is 10.2 Å². The first-order valence-electron chi connectivity index (χ1n) is 4.83. The monoisotopic (exact) mass is 226 g/mol. The van der Waals surface area contributed by atoms with E-state index in [0.717, 1.165) is 19.5 Å². The Bertz CT molecular complexity index is 209. The molecule has 0 amide bonds. The van der Waals surface area contributed by atoms with Gasteiger partial charge in [0.2, 0.25) is 0 Å². The molecule has 0 bridgehead atoms. The summed E-state index contributed by atoms with van der Waals surface area (Å²) in [4.78, 5) is 2.12. The van der Waals surface area contributed by atoms with Gasteiger partial charge in [-0.1, -0.05) is 0 Å². The molecule has 0 aromatic carbocycles. The molecule has 5 heteroatoms. The average Bonchev–Trinajstić information content (AvgIpc) is 2.29. The summed E-state index contributed by atoms with van der Waals surface area (Å²) in [5.41, 5.74) is -0.295. The summed E-state index contributed by atoms with van der Waals surface area (Å²) < 4.78 is 26.3. The van der Waals surface area contributed by atoms with Gasteiger partial charge in [-0.2, -0.15) is 0 Å². The van der Waals surface area contributed by atoms with Gasteiger partial charge in [-0.05, 0) is 20.0 Å². The predicted octanol–water partition coefficient (Wildman–Crippen LogP) is 1.50. The molecular weight excluding hydrogens is 210 g/mol. The molecule has 2 heterocycles. The average molecular weight is 227 g/mol. The van der Waals surface area contributed by atoms with Crippen LogP contribution in [0.4, 0.5) is 8.78 Å². The molecule has 1 unspecified atom stereocenters. The minimum Gasteiger partial charge on any atom is -0.310 e. The largest absolute Gasteiger partial charge is 0.310 e. The van der Waals surface area contributed by atoms with Crippen LogP contribution in [0.3, 0.4) is 0 Å². The molecule has 1 spiro atoms. The number of likely N-dealkylation sites (tertiary alicyclic amines) is 1. The van der Waals surface area contributed by atoms with Crippen LogP contribution in [0, 0.1) is 0 Å². The van der Waals surface area contributed by atoms with E-state index in [1.807, 2.05) is 7.05 Å². The highest BCUT2D eigenvalue weighted by Gasteiger charge is 2.48. The van der Waals surface area contributed by atoms with Gasteiger partial charge in [0.15, 0.2) is 0 Å². The third kappa shape index (κ3) is 2.35. The summed E-state index contributed by atoms with van der Waals surface area (Å²) in [6, 6.07) is 0. The lowest BCUT2D eigenvalue weighted by atomic mass is 9.86. The van der Waals surface area contributed by atoms with Gasteiger partial charge in [-0.3, -0.25) is 0 Å². The van der Waals surface area contributed by atoms with Gasteiger partial charge in [-0.15, -0.1) is 12.4 Å². The topological polar surface area (TPSA) is 15.3 Å². The number of nitrogens with one attached hydrogen (secondary N) is 1. The van der Waals surface area contributed by atoms with Crippen molar-refractivity contribution in [1.29, 1.82) is 0 Å². The van der Waals surface area contributed by atoms with E-state index in [1.54, 1.807) is 0 Å². The van der Waals surface area contributed by atoms with Crippen molar-refractivity contribution in [3.8, 4) is 0 Å². The summed E-state index contributed by atoms with van der Waals surface area (Å²) in [5, 5.41) is 3.26. The van der Waals surface area contributed by atoms with Crippen LogP contribution in [-0.2, 0) is 0 Å². The van der Waals surface area contributed by atoms with E-state index in [-0.39, 0.29) is 30.8 Å². The van der Waals surface area contributed by atoms with Crippen LogP contribution < -0.4 is 5.32 Å². The van der Waals surface area contributed by atoms with Crippen molar-refractivity contribution in [2.24, 2.45) is 0 Å². The van der Waals surface area contributed by atoms with Gasteiger partial charge in [0.1, 0.15) is 0 Å². The fraction of sp³-hybridized carbons (Fsp3) is 1.00. The highest BCUT2D eigenvalue weighted by Crippen LogP contribution is 2.37. The Kier molecular flexibility index (Phi) is 3.39. The molecule has 0 aromatic rings. The standard InChI is InChI=1S/C9H16F2N2.ClH/c1-13-5-3-8(7-13)6-9(10,11)2-4-12-8;/h12H,2-7H2,1H3;1H. The second kappa shape index (κ2) is 3.91. The summed E-state index contributed by atoms with van der Waals surface area (Å²) in [6.07, 6.45) is 0.877. The molecular formula is C9H17ClF2N2. The molecule has 2 fully saturated rings. The second-order valence-corrected chi connectivity index (χ2v) is 4.48. The summed E-state index contributed by atoms with van der Waals surface area (Å²) in [6.45, 7) is 2.16. The number of hydrogen-bond acceptors (Lipinski definition) is 2. The lowest BCUT2D eigenvalue weighted by Crippen LogP contribution is -2.55. The molecule has 14 heavy (non-hydrogen) atoms. The van der Waals surface area contributed by atoms with E-state index in [1.165, 1.54) is 0 Å². The van der Waals surface area contributed by atoms with Crippen LogP contribution in [-0.4, -0.2) is 43.0 Å². The summed E-state index contributed by atoms with van der Waals surface area (Å²) in [7, 11) is 1.99. The maximum Gasteiger partial charge on any atom is 0.251 e. The predicted molar refractivity (Wildman–Crippen MR) is 54.3 cm³/mol. The van der Waals surface area contributed by atoms with Gasteiger partial charge in [0, 0.05) is 31.5 Å². The molecule has 0 saturated carbocycles. The SMILES string of the molecule is CN1CCC2(C1)CC(F)(F)CCN2.Cl. The first kappa shape index (κ1) is 12.1. The molecule has 0 aliphatic carbocycles. The van der Waals surface area contributed by atoms with Crippen molar-refractivity contribution >= 4 is 12.4 Å². The van der Waals surface area contributed by atoms with Crippen LogP contribution >= 0.6 is 12.4 Å². The van der Waals surface area contributed by atoms with Crippen LogP contribution in [0.15, 0.2) is 0 Å². The molecule has 84 valence electrons. The molecule has 2 rings (SSSR count). The van der Waals surface area contributed by atoms with Gasteiger partial charge >= 0.3 is 0 Å². The quantitative estimate of drug-likeness (QED) is 0.674. The van der Waals surface area contributed by atoms with Crippen molar-refractivity contribution < 1.29 is 8.78 Å². The van der Waals surface area contributed by atoms with E-state index >= 15 is 0 Å². The van der Waals surface area contributed by atoms with Crippen LogP contribution in [0.1, 0.15) is 19.3 Å². The fourth-order valence-electron chi connectivity index (χ4n) is 2.52. The smallest absolute Gasteiger partial charge is 0.251 e. The van der Waals surface area contributed by atoms with E-state index < -0.39 is 5.92 Å². The minimum absolute atomic E-state index is 0. The number of likely N-dealkylation sites (N-methyl/N-ethyl adjacent to an activating group) is 1. The van der Waals surface area contributed by atoms with Crippen LogP contribution in [0.2, 0.25) is 0 Å². The zero-order chi connectivity index (χ0) is 9.53. The Balaban J connectivity index is 0.000000980. The van der Waals surface area contributed by atoms with E-state index in [9.17, 15) is 8.78 Å². The molecule has 1 atom stereocenters. The Morgan fingerprint density at radius 2 is 2.00 bits per heavy atom. The van der Waals surface area contributed by atoms with E-state index in [2.05, 4.69) is 10.2 Å². The molecule has 0 radical (unpaired) electrons. The number of piperidine rings is 1. The van der Waals surface area contributed by atoms with Gasteiger partial charge in [0.05, 0.1) is 0 Å². The number of halogens is 3. The van der Waals surface area contributed by atoms with Crippen molar-refractivity contribution in [1.82, 2.24) is 10.2 Å². The third-order valence-corrected chi connectivity index (χ3v) is 3.13. The number of hydrogen-bond donors (Lipinski definition) is 1. The van der Waals surface area contributed by atoms with Crippen molar-refractivity contribution in [3.63, 3.8) is 0 Å². The van der Waals surface area contributed by atoms with Crippen molar-refractivity contribution in [2.45, 2.75) is 30.7 Å². The number of rotatable bonds is 0. The molecule has 2 nitrogen and oxygen atoms in total. The minimum atomic E-state index is -2.45. The van der Waals surface area contributed by atoms with Gasteiger partial charge in [0.25, 0.3) is 5.92 Å². The second-order valence-electron chi connectivity index (χ2n) is 4.48. The highest BCUT2D eigenvalue weighted by atomic mass is 35.5. The zero-order valence-electron chi connectivity index (χ0n) is 8.35. The lowest BCUT2D eigenvalue weighted by Gasteiger charge is -2.38. The Morgan fingerprint density at radius 3 is 2.50 bits per heavy atom. The summed E-state index contributed by atoms with van der Waals surface area (Å²) >= 11 is 0. The normalized spacial score (nSPS) is 37.1.